The number of hydrogen-bond acceptors (Lipinski definition) is 7. The van der Waals surface area contributed by atoms with Crippen molar-refractivity contribution in [3.05, 3.63) is 36.0 Å². The van der Waals surface area contributed by atoms with Gasteiger partial charge in [0.05, 0.1) is 25.3 Å². The maximum absolute atomic E-state index is 15.3. The van der Waals surface area contributed by atoms with Gasteiger partial charge in [-0.25, -0.2) is 19.3 Å². The zero-order chi connectivity index (χ0) is 27.2. The van der Waals surface area contributed by atoms with Crippen LogP contribution < -0.4 is 10.2 Å². The second-order valence-electron chi connectivity index (χ2n) is 11.1. The standard InChI is InChI=1S/C29H35FN8O2/c1-2-38-23(17-36-11-7-18(8-12-36)19-5-10-32-29(19)39)33-25-27(37-13-15-40-16-14-37)34-26(35-28(25)38)24-20-6-9-31-22(20)4-3-21(24)30/h3-4,6,9,18-19,31H,2,5,7-8,10-17H2,1H3,(H,32,39). The molecular formula is C29H35FN8O2. The molecule has 6 heterocycles. The van der Waals surface area contributed by atoms with Crippen LogP contribution in [0.1, 0.15) is 32.0 Å². The summed E-state index contributed by atoms with van der Waals surface area (Å²) in [5.74, 6) is 2.54. The van der Waals surface area contributed by atoms with Crippen molar-refractivity contribution in [2.75, 3.05) is 50.8 Å². The number of piperidine rings is 1. The minimum Gasteiger partial charge on any atom is -0.378 e. The summed E-state index contributed by atoms with van der Waals surface area (Å²) in [5, 5.41) is 3.75. The van der Waals surface area contributed by atoms with E-state index < -0.39 is 0 Å². The molecule has 2 N–H and O–H groups in total. The Morgan fingerprint density at radius 1 is 1.05 bits per heavy atom. The number of benzene rings is 1. The Labute approximate surface area is 231 Å². The number of fused-ring (bicyclic) bond motifs is 2. The van der Waals surface area contributed by atoms with E-state index in [4.69, 9.17) is 19.7 Å². The predicted molar refractivity (Wildman–Crippen MR) is 150 cm³/mol. The first-order valence-corrected chi connectivity index (χ1v) is 14.5. The number of halogens is 1. The van der Waals surface area contributed by atoms with E-state index >= 15 is 4.39 Å². The number of nitrogens with one attached hydrogen (secondary N) is 2. The minimum atomic E-state index is -0.346. The average Bonchev–Trinajstić information content (AvgIpc) is 3.71. The van der Waals surface area contributed by atoms with Gasteiger partial charge in [0.2, 0.25) is 5.91 Å². The number of nitrogens with zero attached hydrogens (tertiary/aromatic N) is 6. The highest BCUT2D eigenvalue weighted by Crippen LogP contribution is 2.34. The molecule has 210 valence electrons. The minimum absolute atomic E-state index is 0.164. The number of carbonyl (C=O) groups is 1. The fourth-order valence-corrected chi connectivity index (χ4v) is 6.70. The maximum Gasteiger partial charge on any atom is 0.223 e. The third-order valence-corrected chi connectivity index (χ3v) is 8.85. The molecule has 0 radical (unpaired) electrons. The van der Waals surface area contributed by atoms with Gasteiger partial charge in [-0.3, -0.25) is 9.69 Å². The number of morpholine rings is 1. The normalized spacial score (nSPS) is 21.1. The summed E-state index contributed by atoms with van der Waals surface area (Å²) in [6, 6.07) is 5.08. The molecular weight excluding hydrogens is 511 g/mol. The molecule has 1 unspecified atom stereocenters. The van der Waals surface area contributed by atoms with Gasteiger partial charge >= 0.3 is 0 Å². The van der Waals surface area contributed by atoms with Crippen molar-refractivity contribution in [1.29, 1.82) is 0 Å². The zero-order valence-corrected chi connectivity index (χ0v) is 22.8. The molecule has 4 aromatic rings. The molecule has 0 aliphatic carbocycles. The molecule has 40 heavy (non-hydrogen) atoms. The lowest BCUT2D eigenvalue weighted by Gasteiger charge is -2.33. The van der Waals surface area contributed by atoms with E-state index in [0.29, 0.717) is 56.7 Å². The van der Waals surface area contributed by atoms with Crippen LogP contribution in [0.3, 0.4) is 0 Å². The van der Waals surface area contributed by atoms with Crippen LogP contribution in [0.15, 0.2) is 24.4 Å². The van der Waals surface area contributed by atoms with Crippen molar-refractivity contribution in [1.82, 2.24) is 34.7 Å². The number of anilines is 1. The number of H-pyrrole nitrogens is 1. The molecule has 3 aliphatic rings. The van der Waals surface area contributed by atoms with Gasteiger partial charge in [0.25, 0.3) is 0 Å². The van der Waals surface area contributed by atoms with Crippen LogP contribution in [0.5, 0.6) is 0 Å². The monoisotopic (exact) mass is 546 g/mol. The number of hydrogen-bond donors (Lipinski definition) is 2. The summed E-state index contributed by atoms with van der Waals surface area (Å²) < 4.78 is 23.1. The van der Waals surface area contributed by atoms with Crippen LogP contribution in [0, 0.1) is 17.7 Å². The molecule has 0 spiro atoms. The number of imidazole rings is 1. The molecule has 3 aromatic heterocycles. The van der Waals surface area contributed by atoms with Crippen LogP contribution in [0.2, 0.25) is 0 Å². The molecule has 7 rings (SSSR count). The van der Waals surface area contributed by atoms with Gasteiger partial charge in [-0.15, -0.1) is 0 Å². The van der Waals surface area contributed by atoms with Crippen molar-refractivity contribution in [3.8, 4) is 11.4 Å². The highest BCUT2D eigenvalue weighted by molar-refractivity contribution is 5.95. The maximum atomic E-state index is 15.3. The summed E-state index contributed by atoms with van der Waals surface area (Å²) in [6.45, 7) is 8.78. The summed E-state index contributed by atoms with van der Waals surface area (Å²) in [5.41, 5.74) is 2.73. The van der Waals surface area contributed by atoms with E-state index in [0.717, 1.165) is 72.6 Å². The smallest absolute Gasteiger partial charge is 0.223 e. The molecule has 1 aromatic carbocycles. The lowest BCUT2D eigenvalue weighted by Crippen LogP contribution is -2.38. The lowest BCUT2D eigenvalue weighted by molar-refractivity contribution is -0.124. The largest absolute Gasteiger partial charge is 0.378 e. The molecule has 1 atom stereocenters. The number of aromatic nitrogens is 5. The topological polar surface area (TPSA) is 104 Å². The van der Waals surface area contributed by atoms with Crippen LogP contribution >= 0.6 is 0 Å². The van der Waals surface area contributed by atoms with Crippen molar-refractivity contribution in [2.24, 2.45) is 11.8 Å². The SMILES string of the molecule is CCn1c(CN2CCC(C3CCNC3=O)CC2)nc2c(N3CCOCC3)nc(-c3c(F)ccc4[nH]ccc34)nc21. The van der Waals surface area contributed by atoms with Crippen molar-refractivity contribution in [3.63, 3.8) is 0 Å². The molecule has 0 bridgehead atoms. The summed E-state index contributed by atoms with van der Waals surface area (Å²) in [4.78, 5) is 35.0. The number of ether oxygens (including phenoxy) is 1. The molecule has 1 amide bonds. The van der Waals surface area contributed by atoms with E-state index in [1.807, 2.05) is 12.3 Å². The van der Waals surface area contributed by atoms with Crippen LogP contribution in [-0.2, 0) is 22.6 Å². The van der Waals surface area contributed by atoms with Gasteiger partial charge < -0.3 is 24.5 Å². The van der Waals surface area contributed by atoms with Crippen molar-refractivity contribution in [2.45, 2.75) is 39.3 Å². The predicted octanol–water partition coefficient (Wildman–Crippen LogP) is 3.32. The fraction of sp³-hybridized carbons (Fsp3) is 0.517. The lowest BCUT2D eigenvalue weighted by atomic mass is 9.83. The van der Waals surface area contributed by atoms with E-state index in [2.05, 4.69) is 31.6 Å². The summed E-state index contributed by atoms with van der Waals surface area (Å²) in [6.07, 6.45) is 4.81. The van der Waals surface area contributed by atoms with Gasteiger partial charge in [0.1, 0.15) is 11.6 Å². The first-order chi connectivity index (χ1) is 19.6. The summed E-state index contributed by atoms with van der Waals surface area (Å²) >= 11 is 0. The van der Waals surface area contributed by atoms with E-state index in [1.165, 1.54) is 6.07 Å². The van der Waals surface area contributed by atoms with Gasteiger partial charge in [-0.1, -0.05) is 0 Å². The number of aromatic amines is 1. The van der Waals surface area contributed by atoms with E-state index in [9.17, 15) is 4.79 Å². The van der Waals surface area contributed by atoms with Gasteiger partial charge in [-0.2, -0.15) is 0 Å². The van der Waals surface area contributed by atoms with Crippen LogP contribution in [-0.4, -0.2) is 81.2 Å². The van der Waals surface area contributed by atoms with Gasteiger partial charge in [-0.05, 0) is 63.4 Å². The number of amides is 1. The first-order valence-electron chi connectivity index (χ1n) is 14.5. The Bertz CT molecular complexity index is 1550. The number of rotatable bonds is 6. The molecule has 3 saturated heterocycles. The second-order valence-corrected chi connectivity index (χ2v) is 11.1. The molecule has 3 fully saturated rings. The fourth-order valence-electron chi connectivity index (χ4n) is 6.70. The zero-order valence-electron chi connectivity index (χ0n) is 22.8. The van der Waals surface area contributed by atoms with Crippen LogP contribution in [0.25, 0.3) is 33.5 Å². The Balaban J connectivity index is 1.26. The second kappa shape index (κ2) is 10.4. The van der Waals surface area contributed by atoms with Crippen LogP contribution in [0.4, 0.5) is 10.2 Å². The highest BCUT2D eigenvalue weighted by atomic mass is 19.1. The Hall–Kier alpha value is -3.57. The molecule has 3 aliphatic heterocycles. The number of carbonyl (C=O) groups excluding carboxylic acids is 1. The highest BCUT2D eigenvalue weighted by Gasteiger charge is 2.34. The number of likely N-dealkylation sites (tertiary alicyclic amines) is 1. The van der Waals surface area contributed by atoms with Crippen molar-refractivity contribution >= 4 is 33.8 Å². The first kappa shape index (κ1) is 25.4. The third kappa shape index (κ3) is 4.41. The summed E-state index contributed by atoms with van der Waals surface area (Å²) in [7, 11) is 0. The Morgan fingerprint density at radius 2 is 1.88 bits per heavy atom. The van der Waals surface area contributed by atoms with E-state index in [1.54, 1.807) is 6.07 Å². The number of aryl methyl sites for hydroxylation is 1. The Kier molecular flexibility index (Phi) is 6.63. The quantitative estimate of drug-likeness (QED) is 0.382. The van der Waals surface area contributed by atoms with E-state index in [-0.39, 0.29) is 17.6 Å². The average molecular weight is 547 g/mol. The molecule has 10 nitrogen and oxygen atoms in total. The Morgan fingerprint density at radius 3 is 2.62 bits per heavy atom. The molecule has 11 heteroatoms. The molecule has 0 saturated carbocycles. The van der Waals surface area contributed by atoms with Crippen molar-refractivity contribution < 1.29 is 13.9 Å². The van der Waals surface area contributed by atoms with Gasteiger partial charge in [0, 0.05) is 49.2 Å². The van der Waals surface area contributed by atoms with Gasteiger partial charge in [0.15, 0.2) is 22.8 Å². The third-order valence-electron chi connectivity index (χ3n) is 8.85.